The molecular weight excluding hydrogens is 240 g/mol. The standard InChI is InChI=1S/C14H31OSi2/c1-4-5-6-7-8-9-10-11-12-13-14-17(2,3)15-16/h4-14H2,1-3H3. The molecule has 17 heavy (non-hydrogen) atoms. The van der Waals surface area contributed by atoms with E-state index in [9.17, 15) is 0 Å². The van der Waals surface area contributed by atoms with Crippen LogP contribution < -0.4 is 0 Å². The lowest BCUT2D eigenvalue weighted by Gasteiger charge is -2.19. The molecule has 1 nitrogen and oxygen atoms in total. The summed E-state index contributed by atoms with van der Waals surface area (Å²) in [7, 11) is 1.85. The van der Waals surface area contributed by atoms with Gasteiger partial charge in [0.05, 0.1) is 0 Å². The van der Waals surface area contributed by atoms with E-state index in [2.05, 4.69) is 30.5 Å². The van der Waals surface area contributed by atoms with Crippen LogP contribution in [0.2, 0.25) is 19.1 Å². The van der Waals surface area contributed by atoms with Gasteiger partial charge in [0, 0.05) is 0 Å². The second kappa shape index (κ2) is 11.5. The minimum Gasteiger partial charge on any atom is -0.457 e. The Morgan fingerprint density at radius 2 is 1.18 bits per heavy atom. The van der Waals surface area contributed by atoms with Crippen LogP contribution in [0.5, 0.6) is 0 Å². The second-order valence-corrected chi connectivity index (χ2v) is 10.6. The van der Waals surface area contributed by atoms with E-state index in [1.165, 1.54) is 70.3 Å². The normalized spacial score (nSPS) is 12.0. The van der Waals surface area contributed by atoms with E-state index >= 15 is 0 Å². The predicted octanol–water partition coefficient (Wildman–Crippen LogP) is 5.21. The van der Waals surface area contributed by atoms with Crippen LogP contribution in [0.1, 0.15) is 71.1 Å². The van der Waals surface area contributed by atoms with Gasteiger partial charge in [-0.1, -0.05) is 71.1 Å². The smallest absolute Gasteiger partial charge is 0.230 e. The van der Waals surface area contributed by atoms with Crippen molar-refractivity contribution in [1.82, 2.24) is 0 Å². The molecule has 0 spiro atoms. The van der Waals surface area contributed by atoms with Gasteiger partial charge in [0.25, 0.3) is 0 Å². The molecule has 0 N–H and O–H groups in total. The van der Waals surface area contributed by atoms with Gasteiger partial charge in [-0.05, 0) is 19.1 Å². The Labute approximate surface area is 113 Å². The molecule has 0 fully saturated rings. The number of unbranched alkanes of at least 4 members (excludes halogenated alkanes) is 9. The molecular formula is C14H31OSi2. The summed E-state index contributed by atoms with van der Waals surface area (Å²) in [5, 5.41) is 0. The van der Waals surface area contributed by atoms with Crippen molar-refractivity contribution in [2.45, 2.75) is 90.3 Å². The Hall–Kier alpha value is 0.394. The summed E-state index contributed by atoms with van der Waals surface area (Å²) in [6.07, 6.45) is 14.2. The zero-order valence-electron chi connectivity index (χ0n) is 12.2. The van der Waals surface area contributed by atoms with Crippen LogP contribution in [-0.2, 0) is 4.12 Å². The van der Waals surface area contributed by atoms with E-state index in [1.54, 1.807) is 0 Å². The Morgan fingerprint density at radius 1 is 0.765 bits per heavy atom. The molecule has 0 bridgehead atoms. The van der Waals surface area contributed by atoms with Gasteiger partial charge >= 0.3 is 0 Å². The zero-order valence-corrected chi connectivity index (χ0v) is 14.2. The number of rotatable bonds is 12. The quantitative estimate of drug-likeness (QED) is 0.349. The molecule has 0 atom stereocenters. The minimum atomic E-state index is -1.35. The summed E-state index contributed by atoms with van der Waals surface area (Å²) in [6.45, 7) is 6.82. The Kier molecular flexibility index (Phi) is 11.7. The van der Waals surface area contributed by atoms with Crippen molar-refractivity contribution < 1.29 is 4.12 Å². The summed E-state index contributed by atoms with van der Waals surface area (Å²) in [4.78, 5) is 0. The van der Waals surface area contributed by atoms with Crippen molar-refractivity contribution >= 4 is 18.8 Å². The highest BCUT2D eigenvalue weighted by molar-refractivity contribution is 6.73. The first-order valence-electron chi connectivity index (χ1n) is 7.47. The zero-order chi connectivity index (χ0) is 13.0. The van der Waals surface area contributed by atoms with Crippen molar-refractivity contribution in [3.8, 4) is 0 Å². The summed E-state index contributed by atoms with van der Waals surface area (Å²) in [5.41, 5.74) is 0. The maximum Gasteiger partial charge on any atom is 0.230 e. The fraction of sp³-hybridized carbons (Fsp3) is 1.00. The molecule has 0 saturated heterocycles. The SMILES string of the molecule is CCCCCCCCCCCC[Si](C)(C)O[Si]. The van der Waals surface area contributed by atoms with Gasteiger partial charge in [-0.25, -0.2) is 0 Å². The van der Waals surface area contributed by atoms with Crippen molar-refractivity contribution in [1.29, 1.82) is 0 Å². The van der Waals surface area contributed by atoms with Crippen molar-refractivity contribution in [2.75, 3.05) is 0 Å². The molecule has 0 aromatic heterocycles. The van der Waals surface area contributed by atoms with Gasteiger partial charge in [-0.2, -0.15) is 0 Å². The highest BCUT2D eigenvalue weighted by Crippen LogP contribution is 2.16. The summed E-state index contributed by atoms with van der Waals surface area (Å²) in [6, 6.07) is 1.28. The Morgan fingerprint density at radius 3 is 1.59 bits per heavy atom. The molecule has 0 aromatic carbocycles. The van der Waals surface area contributed by atoms with E-state index in [-0.39, 0.29) is 0 Å². The summed E-state index contributed by atoms with van der Waals surface area (Å²) < 4.78 is 5.36. The Bertz CT molecular complexity index is 160. The average molecular weight is 272 g/mol. The molecule has 3 radical (unpaired) electrons. The first-order chi connectivity index (χ1) is 8.12. The van der Waals surface area contributed by atoms with E-state index in [1.807, 2.05) is 0 Å². The van der Waals surface area contributed by atoms with E-state index < -0.39 is 8.32 Å². The number of hydrogen-bond donors (Lipinski definition) is 0. The molecule has 0 heterocycles. The first-order valence-corrected chi connectivity index (χ1v) is 11.0. The maximum absolute atomic E-state index is 5.36. The first kappa shape index (κ1) is 17.4. The highest BCUT2D eigenvalue weighted by Gasteiger charge is 2.18. The average Bonchev–Trinajstić information content (AvgIpc) is 2.31. The van der Waals surface area contributed by atoms with Crippen LogP contribution in [0.15, 0.2) is 0 Å². The molecule has 0 unspecified atom stereocenters. The maximum atomic E-state index is 5.36. The van der Waals surface area contributed by atoms with Crippen LogP contribution in [0.25, 0.3) is 0 Å². The molecule has 101 valence electrons. The molecule has 0 aliphatic heterocycles. The van der Waals surface area contributed by atoms with Crippen LogP contribution >= 0.6 is 0 Å². The molecule has 0 saturated carbocycles. The third-order valence-corrected chi connectivity index (χ3v) is 7.18. The lowest BCUT2D eigenvalue weighted by Crippen LogP contribution is -2.28. The van der Waals surface area contributed by atoms with E-state index in [0.717, 1.165) is 0 Å². The summed E-state index contributed by atoms with van der Waals surface area (Å²) in [5.74, 6) is 0. The largest absolute Gasteiger partial charge is 0.457 e. The van der Waals surface area contributed by atoms with Crippen LogP contribution in [0.3, 0.4) is 0 Å². The Balaban J connectivity index is 3.09. The summed E-state index contributed by atoms with van der Waals surface area (Å²) >= 11 is 0. The van der Waals surface area contributed by atoms with Gasteiger partial charge in [0.1, 0.15) is 0 Å². The fourth-order valence-corrected chi connectivity index (χ4v) is 3.60. The van der Waals surface area contributed by atoms with Gasteiger partial charge in [-0.3, -0.25) is 0 Å². The van der Waals surface area contributed by atoms with Crippen molar-refractivity contribution in [3.05, 3.63) is 0 Å². The molecule has 0 aliphatic carbocycles. The second-order valence-electron chi connectivity index (χ2n) is 5.79. The van der Waals surface area contributed by atoms with Crippen LogP contribution in [0.4, 0.5) is 0 Å². The van der Waals surface area contributed by atoms with Crippen molar-refractivity contribution in [3.63, 3.8) is 0 Å². The monoisotopic (exact) mass is 271 g/mol. The molecule has 0 amide bonds. The lowest BCUT2D eigenvalue weighted by atomic mass is 10.1. The molecule has 0 rings (SSSR count). The van der Waals surface area contributed by atoms with Crippen LogP contribution in [0, 0.1) is 0 Å². The lowest BCUT2D eigenvalue weighted by molar-refractivity contribution is 0.553. The third kappa shape index (κ3) is 12.6. The predicted molar refractivity (Wildman–Crippen MR) is 81.0 cm³/mol. The highest BCUT2D eigenvalue weighted by atomic mass is 28.4. The van der Waals surface area contributed by atoms with Crippen molar-refractivity contribution in [2.24, 2.45) is 0 Å². The van der Waals surface area contributed by atoms with Gasteiger partial charge in [-0.15, -0.1) is 0 Å². The fourth-order valence-electron chi connectivity index (χ4n) is 2.09. The molecule has 0 aromatic rings. The van der Waals surface area contributed by atoms with Gasteiger partial charge in [0.15, 0.2) is 8.32 Å². The van der Waals surface area contributed by atoms with Gasteiger partial charge in [0.2, 0.25) is 10.5 Å². The molecule has 0 aliphatic rings. The van der Waals surface area contributed by atoms with Crippen LogP contribution in [-0.4, -0.2) is 18.8 Å². The third-order valence-electron chi connectivity index (χ3n) is 3.41. The molecule has 3 heteroatoms. The minimum absolute atomic E-state index is 1.28. The van der Waals surface area contributed by atoms with E-state index in [0.29, 0.717) is 0 Å². The number of hydrogen-bond acceptors (Lipinski definition) is 1. The topological polar surface area (TPSA) is 9.23 Å². The van der Waals surface area contributed by atoms with Gasteiger partial charge < -0.3 is 4.12 Å². The van der Waals surface area contributed by atoms with E-state index in [4.69, 9.17) is 4.12 Å².